The van der Waals surface area contributed by atoms with Gasteiger partial charge in [-0.1, -0.05) is 5.16 Å². The number of oxime groups is 1. The zero-order chi connectivity index (χ0) is 10.5. The molecule has 4 nitrogen and oxygen atoms in total. The summed E-state index contributed by atoms with van der Waals surface area (Å²) in [5.41, 5.74) is 1.23. The average molecular weight is 211 g/mol. The molecular weight excluding hydrogens is 190 g/mol. The van der Waals surface area contributed by atoms with E-state index in [4.69, 9.17) is 4.84 Å². The van der Waals surface area contributed by atoms with Crippen LogP contribution in [0.2, 0.25) is 0 Å². The van der Waals surface area contributed by atoms with E-state index in [0.717, 1.165) is 51.9 Å². The fraction of sp³-hybridized carbons (Fsp3) is 0.909. The van der Waals surface area contributed by atoms with E-state index >= 15 is 0 Å². The van der Waals surface area contributed by atoms with Crippen LogP contribution in [0.25, 0.3) is 0 Å². The van der Waals surface area contributed by atoms with Gasteiger partial charge in [-0.05, 0) is 19.9 Å². The van der Waals surface area contributed by atoms with Crippen molar-refractivity contribution in [3.05, 3.63) is 0 Å². The molecule has 0 bridgehead atoms. The molecule has 2 heterocycles. The minimum atomic E-state index is 0.351. The van der Waals surface area contributed by atoms with Crippen molar-refractivity contribution in [2.24, 2.45) is 5.16 Å². The molecule has 2 aliphatic heterocycles. The van der Waals surface area contributed by atoms with Crippen molar-refractivity contribution in [3.8, 4) is 0 Å². The molecule has 2 saturated heterocycles. The molecule has 0 aromatic rings. The van der Waals surface area contributed by atoms with Gasteiger partial charge >= 0.3 is 0 Å². The number of nitrogens with zero attached hydrogens (tertiary/aromatic N) is 2. The molecule has 15 heavy (non-hydrogen) atoms. The van der Waals surface area contributed by atoms with Crippen LogP contribution in [0, 0.1) is 0 Å². The molecule has 1 N–H and O–H groups in total. The van der Waals surface area contributed by atoms with Crippen LogP contribution < -0.4 is 5.32 Å². The van der Waals surface area contributed by atoms with Crippen LogP contribution in [0.5, 0.6) is 0 Å². The Labute approximate surface area is 91.6 Å². The highest BCUT2D eigenvalue weighted by atomic mass is 16.6. The standard InChI is InChI=1S/C11H21N3O/c1-14-8-4-11(5-9-14)15-13-10-2-6-12-7-3-10/h11-12H,2-9H2,1H3. The second-order valence-corrected chi connectivity index (χ2v) is 4.52. The van der Waals surface area contributed by atoms with E-state index < -0.39 is 0 Å². The van der Waals surface area contributed by atoms with Crippen LogP contribution >= 0.6 is 0 Å². The van der Waals surface area contributed by atoms with Gasteiger partial charge < -0.3 is 15.1 Å². The van der Waals surface area contributed by atoms with Gasteiger partial charge in [-0.15, -0.1) is 0 Å². The molecule has 0 aromatic heterocycles. The summed E-state index contributed by atoms with van der Waals surface area (Å²) >= 11 is 0. The van der Waals surface area contributed by atoms with E-state index in [1.807, 2.05) is 0 Å². The van der Waals surface area contributed by atoms with E-state index in [0.29, 0.717) is 6.10 Å². The first-order valence-corrected chi connectivity index (χ1v) is 5.95. The molecule has 86 valence electrons. The molecule has 0 amide bonds. The molecule has 0 aliphatic carbocycles. The Morgan fingerprint density at radius 3 is 2.60 bits per heavy atom. The maximum Gasteiger partial charge on any atom is 0.130 e. The van der Waals surface area contributed by atoms with Crippen molar-refractivity contribution in [2.75, 3.05) is 33.2 Å². The minimum absolute atomic E-state index is 0.351. The second kappa shape index (κ2) is 5.47. The van der Waals surface area contributed by atoms with Crippen molar-refractivity contribution in [1.29, 1.82) is 0 Å². The summed E-state index contributed by atoms with van der Waals surface area (Å²) in [7, 11) is 2.16. The van der Waals surface area contributed by atoms with Crippen LogP contribution in [0.15, 0.2) is 5.16 Å². The summed E-state index contributed by atoms with van der Waals surface area (Å²) in [5, 5.41) is 7.61. The van der Waals surface area contributed by atoms with Gasteiger partial charge in [-0.3, -0.25) is 0 Å². The van der Waals surface area contributed by atoms with Crippen LogP contribution in [0.4, 0.5) is 0 Å². The van der Waals surface area contributed by atoms with Crippen molar-refractivity contribution in [3.63, 3.8) is 0 Å². The molecule has 0 radical (unpaired) electrons. The maximum absolute atomic E-state index is 5.60. The summed E-state index contributed by atoms with van der Waals surface area (Å²) in [4.78, 5) is 7.95. The lowest BCUT2D eigenvalue weighted by Crippen LogP contribution is -2.34. The van der Waals surface area contributed by atoms with Gasteiger partial charge in [0.15, 0.2) is 0 Å². The number of likely N-dealkylation sites (tertiary alicyclic amines) is 1. The first-order valence-electron chi connectivity index (χ1n) is 5.95. The highest BCUT2D eigenvalue weighted by Crippen LogP contribution is 2.13. The summed E-state index contributed by atoms with van der Waals surface area (Å²) in [6.45, 7) is 4.37. The zero-order valence-electron chi connectivity index (χ0n) is 9.54. The molecule has 0 atom stereocenters. The Morgan fingerprint density at radius 1 is 1.27 bits per heavy atom. The van der Waals surface area contributed by atoms with Crippen LogP contribution in [0.1, 0.15) is 25.7 Å². The molecule has 2 aliphatic rings. The molecule has 0 unspecified atom stereocenters. The van der Waals surface area contributed by atoms with E-state index in [-0.39, 0.29) is 0 Å². The highest BCUT2D eigenvalue weighted by molar-refractivity contribution is 5.84. The van der Waals surface area contributed by atoms with Gasteiger partial charge in [-0.25, -0.2) is 0 Å². The number of rotatable bonds is 2. The predicted molar refractivity (Wildman–Crippen MR) is 61.1 cm³/mol. The number of piperidine rings is 2. The highest BCUT2D eigenvalue weighted by Gasteiger charge is 2.18. The molecule has 2 fully saturated rings. The Hall–Kier alpha value is -0.610. The molecule has 2 rings (SSSR count). The topological polar surface area (TPSA) is 36.9 Å². The predicted octanol–water partition coefficient (Wildman–Crippen LogP) is 0.837. The Morgan fingerprint density at radius 2 is 1.93 bits per heavy atom. The molecule has 0 saturated carbocycles. The minimum Gasteiger partial charge on any atom is -0.392 e. The summed E-state index contributed by atoms with van der Waals surface area (Å²) in [5.74, 6) is 0. The third kappa shape index (κ3) is 3.47. The number of nitrogens with one attached hydrogen (secondary N) is 1. The quantitative estimate of drug-likeness (QED) is 0.688. The van der Waals surface area contributed by atoms with Gasteiger partial charge in [0.2, 0.25) is 0 Å². The van der Waals surface area contributed by atoms with Gasteiger partial charge in [0.25, 0.3) is 0 Å². The van der Waals surface area contributed by atoms with E-state index in [2.05, 4.69) is 22.4 Å². The van der Waals surface area contributed by atoms with Gasteiger partial charge in [-0.2, -0.15) is 0 Å². The Balaban J connectivity index is 1.72. The molecular formula is C11H21N3O. The summed E-state index contributed by atoms with van der Waals surface area (Å²) in [6.07, 6.45) is 4.68. The third-order valence-corrected chi connectivity index (χ3v) is 3.18. The fourth-order valence-corrected chi connectivity index (χ4v) is 2.05. The van der Waals surface area contributed by atoms with Crippen LogP contribution in [0.3, 0.4) is 0 Å². The molecule has 0 aromatic carbocycles. The van der Waals surface area contributed by atoms with Crippen molar-refractivity contribution in [2.45, 2.75) is 31.8 Å². The number of hydrogen-bond donors (Lipinski definition) is 1. The van der Waals surface area contributed by atoms with Gasteiger partial charge in [0.05, 0.1) is 5.71 Å². The van der Waals surface area contributed by atoms with Crippen molar-refractivity contribution >= 4 is 5.71 Å². The van der Waals surface area contributed by atoms with Crippen LogP contribution in [-0.4, -0.2) is 49.9 Å². The summed E-state index contributed by atoms with van der Waals surface area (Å²) in [6, 6.07) is 0. The van der Waals surface area contributed by atoms with Crippen LogP contribution in [-0.2, 0) is 4.84 Å². The summed E-state index contributed by atoms with van der Waals surface area (Å²) < 4.78 is 0. The lowest BCUT2D eigenvalue weighted by Gasteiger charge is -2.27. The van der Waals surface area contributed by atoms with E-state index in [9.17, 15) is 0 Å². The van der Waals surface area contributed by atoms with Crippen molar-refractivity contribution < 1.29 is 4.84 Å². The fourth-order valence-electron chi connectivity index (χ4n) is 2.05. The van der Waals surface area contributed by atoms with Gasteiger partial charge in [0, 0.05) is 39.0 Å². The normalized spacial score (nSPS) is 25.3. The third-order valence-electron chi connectivity index (χ3n) is 3.18. The maximum atomic E-state index is 5.60. The first-order chi connectivity index (χ1) is 7.34. The smallest absolute Gasteiger partial charge is 0.130 e. The zero-order valence-corrected chi connectivity index (χ0v) is 9.54. The number of hydrogen-bond acceptors (Lipinski definition) is 4. The van der Waals surface area contributed by atoms with Crippen molar-refractivity contribution in [1.82, 2.24) is 10.2 Å². The lowest BCUT2D eigenvalue weighted by atomic mass is 10.1. The second-order valence-electron chi connectivity index (χ2n) is 4.52. The Kier molecular flexibility index (Phi) is 3.97. The lowest BCUT2D eigenvalue weighted by molar-refractivity contribution is 0.0153. The van der Waals surface area contributed by atoms with Gasteiger partial charge in [0.1, 0.15) is 6.10 Å². The molecule has 0 spiro atoms. The molecule has 4 heteroatoms. The SMILES string of the molecule is CN1CCC(ON=C2CCNCC2)CC1. The Bertz CT molecular complexity index is 214. The average Bonchev–Trinajstić information content (AvgIpc) is 2.30. The van der Waals surface area contributed by atoms with E-state index in [1.54, 1.807) is 0 Å². The van der Waals surface area contributed by atoms with E-state index in [1.165, 1.54) is 5.71 Å². The largest absolute Gasteiger partial charge is 0.392 e. The monoisotopic (exact) mass is 211 g/mol. The first kappa shape index (κ1) is 10.9.